The van der Waals surface area contributed by atoms with Crippen LogP contribution in [0.5, 0.6) is 0 Å². The number of ether oxygens (including phenoxy) is 1. The topological polar surface area (TPSA) is 48.9 Å². The summed E-state index contributed by atoms with van der Waals surface area (Å²) in [6.07, 6.45) is 1.54. The predicted molar refractivity (Wildman–Crippen MR) is 109 cm³/mol. The molecule has 2 fully saturated rings. The number of rotatable bonds is 5. The van der Waals surface area contributed by atoms with Crippen LogP contribution < -0.4 is 15.5 Å². The minimum Gasteiger partial charge on any atom is -0.378 e. The highest BCUT2D eigenvalue weighted by atomic mass is 16.5. The minimum atomic E-state index is 0.153. The van der Waals surface area contributed by atoms with Crippen molar-refractivity contribution in [3.05, 3.63) is 29.3 Å². The Hall–Kier alpha value is -1.75. The van der Waals surface area contributed by atoms with Gasteiger partial charge in [0.1, 0.15) is 0 Å². The van der Waals surface area contributed by atoms with Gasteiger partial charge in [0, 0.05) is 50.3 Å². The van der Waals surface area contributed by atoms with E-state index in [1.165, 1.54) is 16.8 Å². The van der Waals surface area contributed by atoms with Crippen molar-refractivity contribution in [2.75, 3.05) is 32.1 Å². The van der Waals surface area contributed by atoms with Gasteiger partial charge in [-0.05, 0) is 43.5 Å². The summed E-state index contributed by atoms with van der Waals surface area (Å²) in [5.74, 6) is 1.52. The number of anilines is 1. The first kappa shape index (κ1) is 19.0. The van der Waals surface area contributed by atoms with Gasteiger partial charge in [0.15, 0.2) is 5.96 Å². The van der Waals surface area contributed by atoms with E-state index in [2.05, 4.69) is 75.5 Å². The highest BCUT2D eigenvalue weighted by Gasteiger charge is 2.59. The fourth-order valence-corrected chi connectivity index (χ4v) is 4.38. The molecule has 0 spiro atoms. The Balaban J connectivity index is 1.70. The summed E-state index contributed by atoms with van der Waals surface area (Å²) in [6, 6.07) is 6.99. The first-order valence-electron chi connectivity index (χ1n) is 9.78. The molecule has 3 rings (SSSR count). The van der Waals surface area contributed by atoms with E-state index in [9.17, 15) is 0 Å². The maximum Gasteiger partial charge on any atom is 0.191 e. The molecule has 0 bridgehead atoms. The van der Waals surface area contributed by atoms with Gasteiger partial charge in [-0.15, -0.1) is 0 Å². The third-order valence-electron chi connectivity index (χ3n) is 5.99. The average Bonchev–Trinajstić information content (AvgIpc) is 3.05. The van der Waals surface area contributed by atoms with Crippen molar-refractivity contribution in [2.24, 2.45) is 16.3 Å². The summed E-state index contributed by atoms with van der Waals surface area (Å²) in [5, 5.41) is 7.09. The molecule has 2 N–H and O–H groups in total. The molecule has 1 heterocycles. The first-order valence-corrected chi connectivity index (χ1v) is 9.78. The summed E-state index contributed by atoms with van der Waals surface area (Å²) in [4.78, 5) is 6.99. The van der Waals surface area contributed by atoms with Crippen molar-refractivity contribution in [2.45, 2.75) is 52.8 Å². The molecule has 1 aliphatic heterocycles. The molecule has 1 saturated carbocycles. The summed E-state index contributed by atoms with van der Waals surface area (Å²) < 4.78 is 5.91. The van der Waals surface area contributed by atoms with Crippen LogP contribution in [0.25, 0.3) is 0 Å². The average molecular weight is 359 g/mol. The van der Waals surface area contributed by atoms with E-state index in [0.29, 0.717) is 24.6 Å². The van der Waals surface area contributed by atoms with Crippen LogP contribution in [-0.2, 0) is 11.3 Å². The number of aryl methyl sites for hydroxylation is 1. The molecule has 5 heteroatoms. The highest BCUT2D eigenvalue weighted by Crippen LogP contribution is 2.52. The first-order chi connectivity index (χ1) is 12.3. The summed E-state index contributed by atoms with van der Waals surface area (Å²) in [7, 11) is 4.14. The number of hydrogen-bond acceptors (Lipinski definition) is 3. The van der Waals surface area contributed by atoms with E-state index in [1.54, 1.807) is 0 Å². The lowest BCUT2D eigenvalue weighted by atomic mass is 9.57. The number of hydrogen-bond donors (Lipinski definition) is 2. The second-order valence-corrected chi connectivity index (χ2v) is 8.39. The van der Waals surface area contributed by atoms with E-state index in [0.717, 1.165) is 25.5 Å². The molecule has 1 aromatic carbocycles. The van der Waals surface area contributed by atoms with Gasteiger partial charge in [-0.3, -0.25) is 0 Å². The summed E-state index contributed by atoms with van der Waals surface area (Å²) >= 11 is 0. The third kappa shape index (κ3) is 3.54. The van der Waals surface area contributed by atoms with Crippen molar-refractivity contribution in [3.8, 4) is 0 Å². The smallest absolute Gasteiger partial charge is 0.191 e. The van der Waals surface area contributed by atoms with Crippen molar-refractivity contribution in [1.82, 2.24) is 10.6 Å². The largest absolute Gasteiger partial charge is 0.378 e. The zero-order valence-corrected chi connectivity index (χ0v) is 17.1. The lowest BCUT2D eigenvalue weighted by Gasteiger charge is -2.54. The van der Waals surface area contributed by atoms with Crippen LogP contribution in [0.4, 0.5) is 5.69 Å². The molecule has 0 radical (unpaired) electrons. The molecule has 2 aliphatic rings. The second kappa shape index (κ2) is 7.47. The van der Waals surface area contributed by atoms with Gasteiger partial charge in [-0.1, -0.05) is 19.9 Å². The number of aliphatic imine (C=N–C) groups is 1. The number of nitrogens with zero attached hydrogens (tertiary/aromatic N) is 2. The van der Waals surface area contributed by atoms with Gasteiger partial charge in [-0.2, -0.15) is 0 Å². The standard InChI is InChI=1S/C21H34N4O/c1-7-22-20(24-18-17-10-11-26-19(17)21(18,3)4)23-13-15-8-9-16(25(5)6)12-14(15)2/h8-9,12,17-19H,7,10-11,13H2,1-6H3,(H2,22,23,24). The lowest BCUT2D eigenvalue weighted by Crippen LogP contribution is -2.67. The highest BCUT2D eigenvalue weighted by molar-refractivity contribution is 5.80. The fourth-order valence-electron chi connectivity index (χ4n) is 4.38. The van der Waals surface area contributed by atoms with Gasteiger partial charge in [-0.25, -0.2) is 4.99 Å². The second-order valence-electron chi connectivity index (χ2n) is 8.39. The Morgan fingerprint density at radius 1 is 1.35 bits per heavy atom. The molecule has 3 atom stereocenters. The van der Waals surface area contributed by atoms with Crippen molar-refractivity contribution in [3.63, 3.8) is 0 Å². The monoisotopic (exact) mass is 358 g/mol. The van der Waals surface area contributed by atoms with E-state index < -0.39 is 0 Å². The zero-order valence-electron chi connectivity index (χ0n) is 17.1. The van der Waals surface area contributed by atoms with Crippen LogP contribution in [0.2, 0.25) is 0 Å². The van der Waals surface area contributed by atoms with Gasteiger partial charge in [0.05, 0.1) is 12.6 Å². The Labute approximate surface area is 158 Å². The number of nitrogens with one attached hydrogen (secondary N) is 2. The summed E-state index contributed by atoms with van der Waals surface area (Å²) in [6.45, 7) is 11.3. The SMILES string of the molecule is CCNC(=NCc1ccc(N(C)C)cc1C)NC1C2CCOC2C1(C)C. The lowest BCUT2D eigenvalue weighted by molar-refractivity contribution is -0.106. The van der Waals surface area contributed by atoms with E-state index in [4.69, 9.17) is 9.73 Å². The Bertz CT molecular complexity index is 668. The fraction of sp³-hybridized carbons (Fsp3) is 0.667. The number of fused-ring (bicyclic) bond motifs is 1. The van der Waals surface area contributed by atoms with Gasteiger partial charge in [0.25, 0.3) is 0 Å². The van der Waals surface area contributed by atoms with Crippen LogP contribution in [-0.4, -0.2) is 45.4 Å². The van der Waals surface area contributed by atoms with Crippen LogP contribution in [0.3, 0.4) is 0 Å². The van der Waals surface area contributed by atoms with Crippen LogP contribution >= 0.6 is 0 Å². The molecule has 0 aromatic heterocycles. The molecule has 26 heavy (non-hydrogen) atoms. The van der Waals surface area contributed by atoms with Gasteiger partial charge in [0.2, 0.25) is 0 Å². The Kier molecular flexibility index (Phi) is 5.47. The Morgan fingerprint density at radius 2 is 2.12 bits per heavy atom. The Morgan fingerprint density at radius 3 is 2.77 bits per heavy atom. The molecule has 1 saturated heterocycles. The number of benzene rings is 1. The van der Waals surface area contributed by atoms with Crippen LogP contribution in [0.1, 0.15) is 38.3 Å². The van der Waals surface area contributed by atoms with Gasteiger partial charge >= 0.3 is 0 Å². The molecular formula is C21H34N4O. The van der Waals surface area contributed by atoms with E-state index >= 15 is 0 Å². The normalized spacial score (nSPS) is 26.8. The van der Waals surface area contributed by atoms with Crippen molar-refractivity contribution < 1.29 is 4.74 Å². The predicted octanol–water partition coefficient (Wildman–Crippen LogP) is 2.93. The molecule has 5 nitrogen and oxygen atoms in total. The van der Waals surface area contributed by atoms with Crippen LogP contribution in [0, 0.1) is 18.3 Å². The minimum absolute atomic E-state index is 0.153. The van der Waals surface area contributed by atoms with Crippen LogP contribution in [0.15, 0.2) is 23.2 Å². The van der Waals surface area contributed by atoms with Crippen molar-refractivity contribution in [1.29, 1.82) is 0 Å². The summed E-state index contributed by atoms with van der Waals surface area (Å²) in [5.41, 5.74) is 3.93. The molecule has 3 unspecified atom stereocenters. The van der Waals surface area contributed by atoms with Crippen molar-refractivity contribution >= 4 is 11.6 Å². The molecule has 0 amide bonds. The maximum absolute atomic E-state index is 5.91. The molecular weight excluding hydrogens is 324 g/mol. The van der Waals surface area contributed by atoms with Gasteiger partial charge < -0.3 is 20.3 Å². The molecule has 1 aliphatic carbocycles. The zero-order chi connectivity index (χ0) is 18.9. The molecule has 1 aromatic rings. The third-order valence-corrected chi connectivity index (χ3v) is 5.99. The number of guanidine groups is 1. The molecule has 144 valence electrons. The van der Waals surface area contributed by atoms with E-state index in [1.807, 2.05) is 0 Å². The van der Waals surface area contributed by atoms with E-state index in [-0.39, 0.29) is 5.41 Å². The maximum atomic E-state index is 5.91. The quantitative estimate of drug-likeness (QED) is 0.628.